The number of likely N-dealkylation sites (N-methyl/N-ethyl adjacent to an activating group) is 1. The molecule has 3 amide bonds. The van der Waals surface area contributed by atoms with Crippen molar-refractivity contribution in [3.05, 3.63) is 0 Å². The van der Waals surface area contributed by atoms with Crippen LogP contribution >= 0.6 is 0 Å². The smallest absolute Gasteiger partial charge is 0.287 e. The summed E-state index contributed by atoms with van der Waals surface area (Å²) in [5.41, 5.74) is 5.35. The van der Waals surface area contributed by atoms with Gasteiger partial charge in [0, 0.05) is 6.54 Å². The van der Waals surface area contributed by atoms with Crippen molar-refractivity contribution in [3.8, 4) is 0 Å². The van der Waals surface area contributed by atoms with Gasteiger partial charge in [0.15, 0.2) is 11.6 Å². The standard InChI is InChI=1S/C17H28N4O3/c1-2-21-14(22)12-13(15(21)23)19-10-6-17(7-11-19,16(18)24)20-8-4-3-5-9-20/h13H,2-12H2,1H3,(H2,18,24)/p+2. The fraction of sp³-hybridized carbons (Fsp3) is 0.824. The summed E-state index contributed by atoms with van der Waals surface area (Å²) in [6, 6.07) is -0.264. The molecule has 0 aromatic carbocycles. The Bertz CT molecular complexity index is 522. The topological polar surface area (TPSA) is 89.3 Å². The van der Waals surface area contributed by atoms with Gasteiger partial charge in [-0.1, -0.05) is 0 Å². The number of carbonyl (C=O) groups is 3. The van der Waals surface area contributed by atoms with E-state index in [9.17, 15) is 14.4 Å². The number of imide groups is 1. The van der Waals surface area contributed by atoms with Crippen LogP contribution in [0.15, 0.2) is 0 Å². The maximum Gasteiger partial charge on any atom is 0.287 e. The zero-order valence-electron chi connectivity index (χ0n) is 14.6. The Hall–Kier alpha value is -1.47. The van der Waals surface area contributed by atoms with E-state index in [4.69, 9.17) is 5.73 Å². The molecule has 3 aliphatic heterocycles. The molecule has 3 heterocycles. The van der Waals surface area contributed by atoms with E-state index in [0.29, 0.717) is 13.0 Å². The molecule has 4 N–H and O–H groups in total. The number of carbonyl (C=O) groups excluding carboxylic acids is 3. The van der Waals surface area contributed by atoms with E-state index in [0.717, 1.165) is 56.8 Å². The van der Waals surface area contributed by atoms with Crippen LogP contribution in [0.4, 0.5) is 0 Å². The highest BCUT2D eigenvalue weighted by molar-refractivity contribution is 6.04. The fourth-order valence-corrected chi connectivity index (χ4v) is 4.91. The summed E-state index contributed by atoms with van der Waals surface area (Å²) >= 11 is 0. The van der Waals surface area contributed by atoms with Gasteiger partial charge >= 0.3 is 0 Å². The first kappa shape index (κ1) is 17.4. The fourth-order valence-electron chi connectivity index (χ4n) is 4.91. The van der Waals surface area contributed by atoms with E-state index >= 15 is 0 Å². The molecule has 0 aromatic heterocycles. The van der Waals surface area contributed by atoms with Gasteiger partial charge in [0.1, 0.15) is 0 Å². The molecule has 3 saturated heterocycles. The molecular weight excluding hydrogens is 308 g/mol. The summed E-state index contributed by atoms with van der Waals surface area (Å²) in [7, 11) is 0. The van der Waals surface area contributed by atoms with Gasteiger partial charge in [-0.3, -0.25) is 19.3 Å². The highest BCUT2D eigenvalue weighted by Gasteiger charge is 2.53. The lowest BCUT2D eigenvalue weighted by atomic mass is 9.83. The van der Waals surface area contributed by atoms with Crippen LogP contribution in [0.25, 0.3) is 0 Å². The molecule has 3 fully saturated rings. The lowest BCUT2D eigenvalue weighted by Crippen LogP contribution is -3.27. The van der Waals surface area contributed by atoms with Crippen LogP contribution < -0.4 is 15.5 Å². The average molecular weight is 338 g/mol. The second-order valence-corrected chi connectivity index (χ2v) is 7.50. The molecule has 7 nitrogen and oxygen atoms in total. The maximum absolute atomic E-state index is 12.4. The number of quaternary nitrogens is 2. The molecule has 1 atom stereocenters. The van der Waals surface area contributed by atoms with Crippen LogP contribution in [0.2, 0.25) is 0 Å². The number of likely N-dealkylation sites (tertiary alicyclic amines) is 3. The van der Waals surface area contributed by atoms with Gasteiger partial charge in [-0.2, -0.15) is 0 Å². The molecule has 0 saturated carbocycles. The van der Waals surface area contributed by atoms with E-state index in [2.05, 4.69) is 0 Å². The van der Waals surface area contributed by atoms with Gasteiger partial charge in [-0.05, 0) is 26.2 Å². The highest BCUT2D eigenvalue weighted by Crippen LogP contribution is 2.17. The Labute approximate surface area is 143 Å². The Morgan fingerprint density at radius 1 is 1.17 bits per heavy atom. The number of hydrogen-bond acceptors (Lipinski definition) is 3. The second kappa shape index (κ2) is 6.80. The number of hydrogen-bond donors (Lipinski definition) is 3. The molecule has 0 radical (unpaired) electrons. The minimum Gasteiger partial charge on any atom is -0.364 e. The van der Waals surface area contributed by atoms with Gasteiger partial charge < -0.3 is 15.5 Å². The van der Waals surface area contributed by atoms with Crippen molar-refractivity contribution in [3.63, 3.8) is 0 Å². The minimum absolute atomic E-state index is 0.0469. The maximum atomic E-state index is 12.4. The number of nitrogens with zero attached hydrogens (tertiary/aromatic N) is 1. The van der Waals surface area contributed by atoms with Crippen LogP contribution in [-0.4, -0.2) is 66.9 Å². The third-order valence-electron chi connectivity index (χ3n) is 6.40. The zero-order chi connectivity index (χ0) is 17.3. The SMILES string of the molecule is CCN1C(=O)CC([NH+]2CCC(C(N)=O)([NH+]3CCCCC3)CC2)C1=O. The Morgan fingerprint density at radius 2 is 1.79 bits per heavy atom. The van der Waals surface area contributed by atoms with E-state index in [-0.39, 0.29) is 23.8 Å². The number of amides is 3. The highest BCUT2D eigenvalue weighted by atomic mass is 16.2. The molecule has 7 heteroatoms. The van der Waals surface area contributed by atoms with Crippen molar-refractivity contribution in [2.45, 2.75) is 57.0 Å². The molecule has 0 bridgehead atoms. The van der Waals surface area contributed by atoms with E-state index in [1.54, 1.807) is 0 Å². The van der Waals surface area contributed by atoms with Crippen molar-refractivity contribution in [1.82, 2.24) is 4.90 Å². The minimum atomic E-state index is -0.472. The molecule has 3 rings (SSSR count). The number of piperidine rings is 2. The van der Waals surface area contributed by atoms with Crippen LogP contribution in [-0.2, 0) is 14.4 Å². The molecule has 134 valence electrons. The summed E-state index contributed by atoms with van der Waals surface area (Å²) in [6.45, 7) is 5.80. The predicted molar refractivity (Wildman–Crippen MR) is 87.2 cm³/mol. The first-order valence-corrected chi connectivity index (χ1v) is 9.33. The first-order chi connectivity index (χ1) is 11.5. The van der Waals surface area contributed by atoms with Gasteiger partial charge in [0.05, 0.1) is 45.4 Å². The number of rotatable bonds is 4. The Kier molecular flexibility index (Phi) is 4.92. The zero-order valence-corrected chi connectivity index (χ0v) is 14.6. The lowest BCUT2D eigenvalue weighted by Gasteiger charge is -2.44. The quantitative estimate of drug-likeness (QED) is 0.481. The molecule has 1 unspecified atom stereocenters. The summed E-state index contributed by atoms with van der Waals surface area (Å²) in [5.74, 6) is -0.301. The van der Waals surface area contributed by atoms with Crippen molar-refractivity contribution < 1.29 is 24.2 Å². The van der Waals surface area contributed by atoms with Gasteiger partial charge in [-0.15, -0.1) is 0 Å². The lowest BCUT2D eigenvalue weighted by molar-refractivity contribution is -0.978. The number of primary amides is 1. The Morgan fingerprint density at radius 3 is 2.29 bits per heavy atom. The average Bonchev–Trinajstić information content (AvgIpc) is 2.89. The third-order valence-corrected chi connectivity index (χ3v) is 6.40. The molecule has 0 aromatic rings. The van der Waals surface area contributed by atoms with Crippen molar-refractivity contribution in [1.29, 1.82) is 0 Å². The molecule has 0 aliphatic carbocycles. The van der Waals surface area contributed by atoms with Crippen molar-refractivity contribution >= 4 is 17.7 Å². The van der Waals surface area contributed by atoms with E-state index < -0.39 is 5.54 Å². The van der Waals surface area contributed by atoms with Crippen LogP contribution in [0.1, 0.15) is 45.4 Å². The second-order valence-electron chi connectivity index (χ2n) is 7.50. The molecular formula is C17H30N4O3+2. The third kappa shape index (κ3) is 2.84. The van der Waals surface area contributed by atoms with Crippen molar-refractivity contribution in [2.24, 2.45) is 5.73 Å². The van der Waals surface area contributed by atoms with Crippen LogP contribution in [0.3, 0.4) is 0 Å². The van der Waals surface area contributed by atoms with E-state index in [1.165, 1.54) is 16.2 Å². The summed E-state index contributed by atoms with van der Waals surface area (Å²) in [6.07, 6.45) is 5.29. The monoisotopic (exact) mass is 338 g/mol. The van der Waals surface area contributed by atoms with Crippen molar-refractivity contribution in [2.75, 3.05) is 32.7 Å². The first-order valence-electron chi connectivity index (χ1n) is 9.33. The number of nitrogens with one attached hydrogen (secondary N) is 2. The van der Waals surface area contributed by atoms with Crippen LogP contribution in [0.5, 0.6) is 0 Å². The van der Waals surface area contributed by atoms with Gasteiger partial charge in [0.2, 0.25) is 5.91 Å². The van der Waals surface area contributed by atoms with Crippen LogP contribution in [0, 0.1) is 0 Å². The van der Waals surface area contributed by atoms with Gasteiger partial charge in [0.25, 0.3) is 11.8 Å². The van der Waals surface area contributed by atoms with Gasteiger partial charge in [-0.25, -0.2) is 0 Å². The van der Waals surface area contributed by atoms with E-state index in [1.807, 2.05) is 6.92 Å². The predicted octanol–water partition coefficient (Wildman–Crippen LogP) is -2.89. The Balaban J connectivity index is 1.68. The summed E-state index contributed by atoms with van der Waals surface area (Å²) in [5, 5.41) is 0. The normalized spacial score (nSPS) is 35.5. The number of nitrogens with two attached hydrogens (primary N) is 1. The summed E-state index contributed by atoms with van der Waals surface area (Å²) < 4.78 is 0. The summed E-state index contributed by atoms with van der Waals surface area (Å²) in [4.78, 5) is 40.5. The molecule has 3 aliphatic rings. The largest absolute Gasteiger partial charge is 0.364 e. The molecule has 24 heavy (non-hydrogen) atoms. The molecule has 0 spiro atoms.